The Labute approximate surface area is 189 Å². The minimum atomic E-state index is -0.521. The van der Waals surface area contributed by atoms with E-state index in [0.29, 0.717) is 11.4 Å². The third-order valence-electron chi connectivity index (χ3n) is 5.95. The van der Waals surface area contributed by atoms with E-state index in [-0.39, 0.29) is 24.9 Å². The van der Waals surface area contributed by atoms with Crippen LogP contribution in [0, 0.1) is 20.8 Å². The predicted octanol–water partition coefficient (Wildman–Crippen LogP) is 4.16. The van der Waals surface area contributed by atoms with Crippen LogP contribution < -0.4 is 20.1 Å². The number of fused-ring (bicyclic) bond motifs is 1. The van der Waals surface area contributed by atoms with Gasteiger partial charge in [-0.2, -0.15) is 0 Å². The molecule has 1 heterocycles. The zero-order valence-electron chi connectivity index (χ0n) is 19.2. The monoisotopic (exact) mass is 437 g/mol. The number of amides is 2. The Morgan fingerprint density at radius 1 is 0.906 bits per heavy atom. The van der Waals surface area contributed by atoms with Gasteiger partial charge in [0.25, 0.3) is 5.79 Å². The molecule has 0 atom stereocenters. The summed E-state index contributed by atoms with van der Waals surface area (Å²) in [6.07, 6.45) is 3.97. The van der Waals surface area contributed by atoms with Crippen molar-refractivity contribution in [3.8, 4) is 11.5 Å². The lowest BCUT2D eigenvalue weighted by Gasteiger charge is -2.21. The molecule has 1 spiro atoms. The van der Waals surface area contributed by atoms with E-state index >= 15 is 0 Å². The number of benzene rings is 2. The molecule has 4 rings (SSSR count). The first kappa shape index (κ1) is 22.1. The molecule has 2 aromatic rings. The third-order valence-corrected chi connectivity index (χ3v) is 5.95. The molecule has 7 heteroatoms. The van der Waals surface area contributed by atoms with Gasteiger partial charge in [-0.1, -0.05) is 17.7 Å². The standard InChI is InChI=1S/C25H31N3O4/c1-16-11-17(2)24(18(3)12-16)27-23(30)15-28(4)14-22(29)26-19-7-8-20-21(13-19)32-25(31-20)9-5-6-10-25/h7-8,11-13H,5-6,9-10,14-15H2,1-4H3,(H,26,29)(H,27,30). The number of anilines is 2. The molecule has 2 aliphatic rings. The van der Waals surface area contributed by atoms with Crippen LogP contribution in [0.3, 0.4) is 0 Å². The maximum Gasteiger partial charge on any atom is 0.251 e. The highest BCUT2D eigenvalue weighted by molar-refractivity contribution is 5.95. The smallest absolute Gasteiger partial charge is 0.251 e. The number of hydrogen-bond donors (Lipinski definition) is 2. The van der Waals surface area contributed by atoms with Crippen molar-refractivity contribution in [2.75, 3.05) is 30.8 Å². The first-order valence-corrected chi connectivity index (χ1v) is 11.1. The lowest BCUT2D eigenvalue weighted by atomic mass is 10.1. The molecule has 0 bridgehead atoms. The fourth-order valence-corrected chi connectivity index (χ4v) is 4.59. The predicted molar refractivity (Wildman–Crippen MR) is 124 cm³/mol. The van der Waals surface area contributed by atoms with Crippen molar-refractivity contribution in [1.82, 2.24) is 4.90 Å². The number of aryl methyl sites for hydroxylation is 3. The molecule has 0 unspecified atom stereocenters. The molecular formula is C25H31N3O4. The van der Waals surface area contributed by atoms with Crippen molar-refractivity contribution < 1.29 is 19.1 Å². The van der Waals surface area contributed by atoms with Crippen LogP contribution in [0.25, 0.3) is 0 Å². The van der Waals surface area contributed by atoms with Gasteiger partial charge in [-0.3, -0.25) is 14.5 Å². The van der Waals surface area contributed by atoms with Gasteiger partial charge in [0.1, 0.15) is 0 Å². The van der Waals surface area contributed by atoms with Crippen LogP contribution in [0.1, 0.15) is 42.4 Å². The maximum atomic E-state index is 12.5. The fourth-order valence-electron chi connectivity index (χ4n) is 4.59. The Morgan fingerprint density at radius 3 is 2.16 bits per heavy atom. The van der Waals surface area contributed by atoms with Crippen LogP contribution in [-0.4, -0.2) is 42.6 Å². The van der Waals surface area contributed by atoms with Gasteiger partial charge in [0.05, 0.1) is 13.1 Å². The van der Waals surface area contributed by atoms with Crippen LogP contribution in [0.2, 0.25) is 0 Å². The SMILES string of the molecule is Cc1cc(C)c(NC(=O)CN(C)CC(=O)Nc2ccc3c(c2)OC2(CCCC2)O3)c(C)c1. The summed E-state index contributed by atoms with van der Waals surface area (Å²) in [6, 6.07) is 9.53. The topological polar surface area (TPSA) is 79.9 Å². The minimum absolute atomic E-state index is 0.0949. The Bertz CT molecular complexity index is 1020. The molecule has 1 fully saturated rings. The van der Waals surface area contributed by atoms with Gasteiger partial charge in [-0.25, -0.2) is 0 Å². The third kappa shape index (κ3) is 4.88. The molecule has 7 nitrogen and oxygen atoms in total. The molecule has 2 amide bonds. The Kier molecular flexibility index (Phi) is 6.11. The second-order valence-electron chi connectivity index (χ2n) is 9.03. The van der Waals surface area contributed by atoms with Crippen LogP contribution >= 0.6 is 0 Å². The van der Waals surface area contributed by atoms with Crippen molar-refractivity contribution in [2.24, 2.45) is 0 Å². The molecule has 32 heavy (non-hydrogen) atoms. The zero-order valence-corrected chi connectivity index (χ0v) is 19.2. The molecular weight excluding hydrogens is 406 g/mol. The van der Waals surface area contributed by atoms with Gasteiger partial charge in [-0.05, 0) is 63.9 Å². The molecule has 1 aliphatic heterocycles. The molecule has 2 N–H and O–H groups in total. The summed E-state index contributed by atoms with van der Waals surface area (Å²) in [5, 5.41) is 5.85. The van der Waals surface area contributed by atoms with Crippen LogP contribution in [0.5, 0.6) is 11.5 Å². The van der Waals surface area contributed by atoms with E-state index in [1.54, 1.807) is 18.0 Å². The Balaban J connectivity index is 1.29. The molecule has 1 saturated carbocycles. The zero-order chi connectivity index (χ0) is 22.9. The number of ether oxygens (including phenoxy) is 2. The minimum Gasteiger partial charge on any atom is -0.448 e. The lowest BCUT2D eigenvalue weighted by Crippen LogP contribution is -2.36. The van der Waals surface area contributed by atoms with E-state index in [1.165, 1.54) is 0 Å². The first-order chi connectivity index (χ1) is 15.2. The van der Waals surface area contributed by atoms with E-state index in [0.717, 1.165) is 53.8 Å². The second-order valence-corrected chi connectivity index (χ2v) is 9.03. The fraction of sp³-hybridized carbons (Fsp3) is 0.440. The van der Waals surface area contributed by atoms with Crippen LogP contribution in [-0.2, 0) is 9.59 Å². The van der Waals surface area contributed by atoms with Crippen molar-refractivity contribution in [1.29, 1.82) is 0 Å². The second kappa shape index (κ2) is 8.82. The van der Waals surface area contributed by atoms with Gasteiger partial charge in [-0.15, -0.1) is 0 Å². The van der Waals surface area contributed by atoms with Crippen molar-refractivity contribution in [3.63, 3.8) is 0 Å². The number of hydrogen-bond acceptors (Lipinski definition) is 5. The van der Waals surface area contributed by atoms with E-state index in [2.05, 4.69) is 10.6 Å². The molecule has 0 aromatic heterocycles. The lowest BCUT2D eigenvalue weighted by molar-refractivity contribution is -0.119. The molecule has 170 valence electrons. The number of rotatable bonds is 6. The van der Waals surface area contributed by atoms with Gasteiger partial charge in [0.15, 0.2) is 11.5 Å². The summed E-state index contributed by atoms with van der Waals surface area (Å²) < 4.78 is 12.1. The van der Waals surface area contributed by atoms with E-state index in [1.807, 2.05) is 45.0 Å². The average molecular weight is 438 g/mol. The van der Waals surface area contributed by atoms with E-state index < -0.39 is 5.79 Å². The highest BCUT2D eigenvalue weighted by Crippen LogP contribution is 2.47. The van der Waals surface area contributed by atoms with Crippen molar-refractivity contribution in [3.05, 3.63) is 47.0 Å². The number of likely N-dealkylation sites (N-methyl/N-ethyl adjacent to an activating group) is 1. The summed E-state index contributed by atoms with van der Waals surface area (Å²) in [7, 11) is 1.75. The van der Waals surface area contributed by atoms with Crippen LogP contribution in [0.15, 0.2) is 30.3 Å². The number of carbonyl (C=O) groups is 2. The number of carbonyl (C=O) groups excluding carboxylic acids is 2. The molecule has 0 radical (unpaired) electrons. The molecule has 2 aromatic carbocycles. The van der Waals surface area contributed by atoms with Crippen molar-refractivity contribution >= 4 is 23.2 Å². The molecule has 0 saturated heterocycles. The highest BCUT2D eigenvalue weighted by Gasteiger charge is 2.44. The van der Waals surface area contributed by atoms with Gasteiger partial charge >= 0.3 is 0 Å². The summed E-state index contributed by atoms with van der Waals surface area (Å²) in [6.45, 7) is 6.20. The highest BCUT2D eigenvalue weighted by atomic mass is 16.7. The van der Waals surface area contributed by atoms with Gasteiger partial charge in [0, 0.05) is 30.3 Å². The normalized spacial score (nSPS) is 15.9. The summed E-state index contributed by atoms with van der Waals surface area (Å²) in [5.41, 5.74) is 4.69. The number of nitrogens with one attached hydrogen (secondary N) is 2. The quantitative estimate of drug-likeness (QED) is 0.709. The van der Waals surface area contributed by atoms with Gasteiger partial charge < -0.3 is 20.1 Å². The average Bonchev–Trinajstić information content (AvgIpc) is 3.29. The largest absolute Gasteiger partial charge is 0.448 e. The Morgan fingerprint density at radius 2 is 1.50 bits per heavy atom. The van der Waals surface area contributed by atoms with E-state index in [9.17, 15) is 9.59 Å². The first-order valence-electron chi connectivity index (χ1n) is 11.1. The summed E-state index contributed by atoms with van der Waals surface area (Å²) >= 11 is 0. The van der Waals surface area contributed by atoms with E-state index in [4.69, 9.17) is 9.47 Å². The summed E-state index contributed by atoms with van der Waals surface area (Å²) in [4.78, 5) is 26.7. The Hall–Kier alpha value is -3.06. The summed E-state index contributed by atoms with van der Waals surface area (Å²) in [5.74, 6) is 0.520. The molecule has 1 aliphatic carbocycles. The van der Waals surface area contributed by atoms with Crippen LogP contribution in [0.4, 0.5) is 11.4 Å². The maximum absolute atomic E-state index is 12.5. The number of nitrogens with zero attached hydrogens (tertiary/aromatic N) is 1. The van der Waals surface area contributed by atoms with Crippen molar-refractivity contribution in [2.45, 2.75) is 52.2 Å². The van der Waals surface area contributed by atoms with Gasteiger partial charge in [0.2, 0.25) is 11.8 Å².